The van der Waals surface area contributed by atoms with Gasteiger partial charge in [-0.25, -0.2) is 4.52 Å². The molecule has 0 bridgehead atoms. The molecule has 2 aromatic heterocycles. The minimum Gasteiger partial charge on any atom is -0.335 e. The largest absolute Gasteiger partial charge is 0.335 e. The van der Waals surface area contributed by atoms with Crippen LogP contribution in [0.25, 0.3) is 5.65 Å². The van der Waals surface area contributed by atoms with E-state index in [4.69, 9.17) is 0 Å². The lowest BCUT2D eigenvalue weighted by Gasteiger charge is -2.34. The number of hydrogen-bond acceptors (Lipinski definition) is 4. The highest BCUT2D eigenvalue weighted by Crippen LogP contribution is 2.22. The molecular weight excluding hydrogens is 226 g/mol. The summed E-state index contributed by atoms with van der Waals surface area (Å²) in [5.74, 6) is 0.862. The first-order valence-electron chi connectivity index (χ1n) is 6.61. The van der Waals surface area contributed by atoms with Gasteiger partial charge in [-0.15, -0.1) is 5.10 Å². The van der Waals surface area contributed by atoms with E-state index in [1.807, 2.05) is 36.0 Å². The first-order valence-corrected chi connectivity index (χ1v) is 6.61. The van der Waals surface area contributed by atoms with Crippen molar-refractivity contribution in [2.45, 2.75) is 25.3 Å². The number of rotatable bonds is 3. The summed E-state index contributed by atoms with van der Waals surface area (Å²) in [6.07, 6.45) is 5.70. The van der Waals surface area contributed by atoms with Gasteiger partial charge in [0.1, 0.15) is 0 Å². The van der Waals surface area contributed by atoms with Gasteiger partial charge in [0.15, 0.2) is 5.65 Å². The number of anilines is 1. The Kier molecular flexibility index (Phi) is 3.15. The van der Waals surface area contributed by atoms with Gasteiger partial charge >= 0.3 is 0 Å². The minimum atomic E-state index is 0.515. The fraction of sp³-hybridized carbons (Fsp3) is 0.538. The molecule has 18 heavy (non-hydrogen) atoms. The molecule has 0 aromatic carbocycles. The third-order valence-corrected chi connectivity index (χ3v) is 3.55. The molecule has 96 valence electrons. The molecule has 0 aliphatic carbocycles. The Bertz CT molecular complexity index is 486. The highest BCUT2D eigenvalue weighted by molar-refractivity contribution is 5.45. The first-order chi connectivity index (χ1) is 8.88. The predicted octanol–water partition coefficient (Wildman–Crippen LogP) is 1.31. The summed E-state index contributed by atoms with van der Waals surface area (Å²) >= 11 is 0. The average molecular weight is 245 g/mol. The van der Waals surface area contributed by atoms with Crippen molar-refractivity contribution in [1.82, 2.24) is 19.9 Å². The number of aromatic nitrogens is 3. The van der Waals surface area contributed by atoms with Gasteiger partial charge in [0.05, 0.1) is 0 Å². The molecule has 1 aliphatic rings. The third kappa shape index (κ3) is 2.06. The molecular formula is C13H19N5. The molecule has 1 atom stereocenters. The van der Waals surface area contributed by atoms with Crippen LogP contribution in [0.4, 0.5) is 5.95 Å². The lowest BCUT2D eigenvalue weighted by atomic mass is 10.0. The Hall–Kier alpha value is -1.62. The van der Waals surface area contributed by atoms with Gasteiger partial charge in [-0.3, -0.25) is 0 Å². The zero-order valence-corrected chi connectivity index (χ0v) is 10.7. The van der Waals surface area contributed by atoms with Crippen molar-refractivity contribution < 1.29 is 0 Å². The van der Waals surface area contributed by atoms with Crippen LogP contribution in [0.1, 0.15) is 19.3 Å². The molecule has 0 spiro atoms. The predicted molar refractivity (Wildman–Crippen MR) is 71.9 cm³/mol. The Labute approximate surface area is 107 Å². The lowest BCUT2D eigenvalue weighted by molar-refractivity contribution is 0.440. The van der Waals surface area contributed by atoms with Gasteiger partial charge in [0.2, 0.25) is 5.95 Å². The summed E-state index contributed by atoms with van der Waals surface area (Å²) in [4.78, 5) is 6.96. The Morgan fingerprint density at radius 2 is 2.33 bits per heavy atom. The summed E-state index contributed by atoms with van der Waals surface area (Å²) in [7, 11) is 2.00. The van der Waals surface area contributed by atoms with Crippen molar-refractivity contribution in [1.29, 1.82) is 0 Å². The topological polar surface area (TPSA) is 45.5 Å². The summed E-state index contributed by atoms with van der Waals surface area (Å²) < 4.78 is 1.85. The van der Waals surface area contributed by atoms with Crippen molar-refractivity contribution in [2.75, 3.05) is 25.0 Å². The molecule has 1 aliphatic heterocycles. The molecule has 3 rings (SSSR count). The van der Waals surface area contributed by atoms with E-state index in [1.165, 1.54) is 19.3 Å². The molecule has 2 aromatic rings. The number of likely N-dealkylation sites (N-methyl/N-ethyl adjacent to an activating group) is 1. The minimum absolute atomic E-state index is 0.515. The molecule has 0 saturated carbocycles. The molecule has 5 nitrogen and oxygen atoms in total. The summed E-state index contributed by atoms with van der Waals surface area (Å²) in [6, 6.07) is 6.48. The van der Waals surface area contributed by atoms with Crippen LogP contribution in [0.3, 0.4) is 0 Å². The zero-order valence-electron chi connectivity index (χ0n) is 10.7. The van der Waals surface area contributed by atoms with Gasteiger partial charge < -0.3 is 10.2 Å². The van der Waals surface area contributed by atoms with Crippen LogP contribution in [0.5, 0.6) is 0 Å². The SMILES string of the molecule is CNCC1CCCCN1c1nc2ccccn2n1. The van der Waals surface area contributed by atoms with Crippen LogP contribution in [-0.2, 0) is 0 Å². The van der Waals surface area contributed by atoms with Crippen molar-refractivity contribution in [3.63, 3.8) is 0 Å². The number of nitrogens with one attached hydrogen (secondary N) is 1. The van der Waals surface area contributed by atoms with Crippen LogP contribution in [-0.4, -0.2) is 40.8 Å². The van der Waals surface area contributed by atoms with Gasteiger partial charge in [-0.2, -0.15) is 4.98 Å². The fourth-order valence-corrected chi connectivity index (χ4v) is 2.65. The van der Waals surface area contributed by atoms with Crippen molar-refractivity contribution >= 4 is 11.6 Å². The molecule has 0 radical (unpaired) electrons. The number of piperidine rings is 1. The van der Waals surface area contributed by atoms with Gasteiger partial charge in [0, 0.05) is 25.3 Å². The smallest absolute Gasteiger partial charge is 0.245 e. The van der Waals surface area contributed by atoms with Crippen LogP contribution in [0, 0.1) is 0 Å². The third-order valence-electron chi connectivity index (χ3n) is 3.55. The summed E-state index contributed by atoms with van der Waals surface area (Å²) in [5.41, 5.74) is 0.918. The van der Waals surface area contributed by atoms with E-state index in [2.05, 4.69) is 20.3 Å². The molecule has 1 N–H and O–H groups in total. The van der Waals surface area contributed by atoms with Crippen LogP contribution < -0.4 is 10.2 Å². The second kappa shape index (κ2) is 4.94. The summed E-state index contributed by atoms with van der Waals surface area (Å²) in [5, 5.41) is 7.84. The number of hydrogen-bond donors (Lipinski definition) is 1. The van der Waals surface area contributed by atoms with E-state index < -0.39 is 0 Å². The van der Waals surface area contributed by atoms with E-state index >= 15 is 0 Å². The molecule has 1 fully saturated rings. The Balaban J connectivity index is 1.91. The normalized spacial score (nSPS) is 20.5. The van der Waals surface area contributed by atoms with Gasteiger partial charge in [-0.1, -0.05) is 6.07 Å². The van der Waals surface area contributed by atoms with Gasteiger partial charge in [0.25, 0.3) is 0 Å². The van der Waals surface area contributed by atoms with Gasteiger partial charge in [-0.05, 0) is 38.4 Å². The fourth-order valence-electron chi connectivity index (χ4n) is 2.65. The second-order valence-corrected chi connectivity index (χ2v) is 4.82. The standard InChI is InChI=1S/C13H19N5/c1-14-10-11-6-2-4-8-17(11)13-15-12-7-3-5-9-18(12)16-13/h3,5,7,9,11,14H,2,4,6,8,10H2,1H3. The Morgan fingerprint density at radius 3 is 3.17 bits per heavy atom. The van der Waals surface area contributed by atoms with Crippen LogP contribution >= 0.6 is 0 Å². The maximum atomic E-state index is 4.62. The van der Waals surface area contributed by atoms with E-state index in [-0.39, 0.29) is 0 Å². The first kappa shape index (κ1) is 11.5. The average Bonchev–Trinajstić information content (AvgIpc) is 2.83. The number of pyridine rings is 1. The zero-order chi connectivity index (χ0) is 12.4. The highest BCUT2D eigenvalue weighted by Gasteiger charge is 2.24. The lowest BCUT2D eigenvalue weighted by Crippen LogP contribution is -2.45. The molecule has 0 amide bonds. The maximum Gasteiger partial charge on any atom is 0.245 e. The summed E-state index contributed by atoms with van der Waals surface area (Å²) in [6.45, 7) is 2.05. The Morgan fingerprint density at radius 1 is 1.39 bits per heavy atom. The number of nitrogens with zero attached hydrogens (tertiary/aromatic N) is 4. The molecule has 5 heteroatoms. The van der Waals surface area contributed by atoms with E-state index in [1.54, 1.807) is 0 Å². The molecule has 1 saturated heterocycles. The van der Waals surface area contributed by atoms with E-state index in [9.17, 15) is 0 Å². The monoisotopic (exact) mass is 245 g/mol. The van der Waals surface area contributed by atoms with E-state index in [0.29, 0.717) is 6.04 Å². The quantitative estimate of drug-likeness (QED) is 0.885. The van der Waals surface area contributed by atoms with Crippen molar-refractivity contribution in [2.24, 2.45) is 0 Å². The highest BCUT2D eigenvalue weighted by atomic mass is 15.4. The van der Waals surface area contributed by atoms with Crippen molar-refractivity contribution in [3.05, 3.63) is 24.4 Å². The number of fused-ring (bicyclic) bond motifs is 1. The molecule has 1 unspecified atom stereocenters. The van der Waals surface area contributed by atoms with E-state index in [0.717, 1.165) is 24.7 Å². The van der Waals surface area contributed by atoms with Crippen LogP contribution in [0.2, 0.25) is 0 Å². The van der Waals surface area contributed by atoms with Crippen LogP contribution in [0.15, 0.2) is 24.4 Å². The second-order valence-electron chi connectivity index (χ2n) is 4.82. The van der Waals surface area contributed by atoms with Crippen molar-refractivity contribution in [3.8, 4) is 0 Å². The molecule has 3 heterocycles. The maximum absolute atomic E-state index is 4.62.